The number of ketones is 2. The van der Waals surface area contributed by atoms with Gasteiger partial charge in [0.2, 0.25) is 0 Å². The summed E-state index contributed by atoms with van der Waals surface area (Å²) >= 11 is 0. The first-order valence-corrected chi connectivity index (χ1v) is 9.09. The van der Waals surface area contributed by atoms with Crippen LogP contribution < -0.4 is 0 Å². The number of fused-ring (bicyclic) bond motifs is 5. The molecule has 0 aromatic carbocycles. The zero-order valence-corrected chi connectivity index (χ0v) is 13.8. The highest BCUT2D eigenvalue weighted by Crippen LogP contribution is 2.64. The molecule has 0 aliphatic heterocycles. The fraction of sp³-hybridized carbons (Fsp3) is 0.895. The Morgan fingerprint density at radius 2 is 1.73 bits per heavy atom. The molecule has 0 heterocycles. The van der Waals surface area contributed by atoms with E-state index in [0.717, 1.165) is 32.1 Å². The van der Waals surface area contributed by atoms with Gasteiger partial charge >= 0.3 is 0 Å². The Bertz CT molecular complexity index is 527. The maximum atomic E-state index is 12.9. The minimum absolute atomic E-state index is 0.0305. The summed E-state index contributed by atoms with van der Waals surface area (Å²) in [6.07, 6.45) is 6.55. The predicted molar refractivity (Wildman–Crippen MR) is 83.1 cm³/mol. The van der Waals surface area contributed by atoms with Gasteiger partial charge in [0, 0.05) is 25.2 Å². The molecule has 122 valence electrons. The van der Waals surface area contributed by atoms with E-state index in [-0.39, 0.29) is 22.9 Å². The molecule has 0 aromatic heterocycles. The molecule has 3 heteroatoms. The van der Waals surface area contributed by atoms with Crippen molar-refractivity contribution < 1.29 is 14.7 Å². The van der Waals surface area contributed by atoms with Gasteiger partial charge in [-0.25, -0.2) is 0 Å². The topological polar surface area (TPSA) is 54.4 Å². The highest BCUT2D eigenvalue weighted by molar-refractivity contribution is 5.86. The molecule has 7 atom stereocenters. The Morgan fingerprint density at radius 1 is 1.00 bits per heavy atom. The Kier molecular flexibility index (Phi) is 3.15. The van der Waals surface area contributed by atoms with Crippen molar-refractivity contribution >= 4 is 11.6 Å². The van der Waals surface area contributed by atoms with Gasteiger partial charge in [-0.15, -0.1) is 0 Å². The highest BCUT2D eigenvalue weighted by atomic mass is 16.3. The van der Waals surface area contributed by atoms with E-state index in [4.69, 9.17) is 0 Å². The van der Waals surface area contributed by atoms with Gasteiger partial charge in [-0.1, -0.05) is 13.8 Å². The van der Waals surface area contributed by atoms with Crippen molar-refractivity contribution in [2.75, 3.05) is 0 Å². The molecular formula is C19H28O3. The van der Waals surface area contributed by atoms with Crippen LogP contribution in [0.4, 0.5) is 0 Å². The van der Waals surface area contributed by atoms with Gasteiger partial charge in [-0.2, -0.15) is 0 Å². The van der Waals surface area contributed by atoms with Crippen molar-refractivity contribution in [1.82, 2.24) is 0 Å². The molecule has 4 saturated carbocycles. The van der Waals surface area contributed by atoms with E-state index in [1.165, 1.54) is 0 Å². The number of aliphatic hydroxyl groups is 1. The van der Waals surface area contributed by atoms with E-state index in [0.29, 0.717) is 48.6 Å². The molecule has 4 aliphatic rings. The second kappa shape index (κ2) is 4.66. The van der Waals surface area contributed by atoms with Gasteiger partial charge in [-0.3, -0.25) is 9.59 Å². The van der Waals surface area contributed by atoms with Gasteiger partial charge in [0.15, 0.2) is 0 Å². The van der Waals surface area contributed by atoms with E-state index < -0.39 is 0 Å². The van der Waals surface area contributed by atoms with Crippen molar-refractivity contribution in [1.29, 1.82) is 0 Å². The lowest BCUT2D eigenvalue weighted by molar-refractivity contribution is -0.161. The molecule has 4 rings (SSSR count). The average Bonchev–Trinajstić information content (AvgIpc) is 2.76. The summed E-state index contributed by atoms with van der Waals surface area (Å²) in [7, 11) is 0. The van der Waals surface area contributed by atoms with E-state index in [1.807, 2.05) is 0 Å². The quantitative estimate of drug-likeness (QED) is 0.748. The lowest BCUT2D eigenvalue weighted by Gasteiger charge is -2.58. The monoisotopic (exact) mass is 304 g/mol. The second-order valence-corrected chi connectivity index (χ2v) is 9.00. The maximum absolute atomic E-state index is 12.9. The third kappa shape index (κ3) is 1.78. The van der Waals surface area contributed by atoms with Crippen molar-refractivity contribution in [3.8, 4) is 0 Å². The summed E-state index contributed by atoms with van der Waals surface area (Å²) in [6, 6.07) is 0. The van der Waals surface area contributed by atoms with Gasteiger partial charge in [0.05, 0.1) is 6.10 Å². The van der Waals surface area contributed by atoms with Crippen LogP contribution in [-0.4, -0.2) is 22.8 Å². The minimum atomic E-state index is -0.246. The standard InChI is InChI=1S/C19H28O3/c1-18-8-7-14-17(13(18)5-6-16(18)22)15(21)9-11-3-4-12(20)10-19(11,14)2/h11,13-14,16-17,22H,3-10H2,1-2H3/t11-,13-,14-,16-,17-,18+,19+/m1/s1. The van der Waals surface area contributed by atoms with E-state index in [2.05, 4.69) is 13.8 Å². The van der Waals surface area contributed by atoms with Gasteiger partial charge in [0.1, 0.15) is 11.6 Å². The lowest BCUT2D eigenvalue weighted by atomic mass is 9.45. The smallest absolute Gasteiger partial charge is 0.136 e. The molecule has 0 bridgehead atoms. The zero-order chi connectivity index (χ0) is 15.7. The van der Waals surface area contributed by atoms with Gasteiger partial charge in [0.25, 0.3) is 0 Å². The number of Topliss-reactive ketones (excluding diaryl/α,β-unsaturated/α-hetero) is 2. The Labute approximate surface area is 132 Å². The normalized spacial score (nSPS) is 54.6. The van der Waals surface area contributed by atoms with Crippen LogP contribution in [0.2, 0.25) is 0 Å². The van der Waals surface area contributed by atoms with Gasteiger partial charge in [-0.05, 0) is 60.7 Å². The molecule has 1 N–H and O–H groups in total. The molecule has 4 aliphatic carbocycles. The second-order valence-electron chi connectivity index (χ2n) is 9.00. The average molecular weight is 304 g/mol. The Morgan fingerprint density at radius 3 is 2.50 bits per heavy atom. The van der Waals surface area contributed by atoms with Crippen LogP contribution in [0.3, 0.4) is 0 Å². The fourth-order valence-electron chi connectivity index (χ4n) is 6.77. The van der Waals surface area contributed by atoms with Crippen LogP contribution in [0.1, 0.15) is 65.2 Å². The third-order valence-electron chi connectivity index (χ3n) is 8.17. The van der Waals surface area contributed by atoms with E-state index in [1.54, 1.807) is 0 Å². The van der Waals surface area contributed by atoms with Crippen LogP contribution in [0, 0.1) is 34.5 Å². The van der Waals surface area contributed by atoms with E-state index in [9.17, 15) is 14.7 Å². The van der Waals surface area contributed by atoms with Crippen molar-refractivity contribution in [2.45, 2.75) is 71.3 Å². The van der Waals surface area contributed by atoms with Gasteiger partial charge < -0.3 is 5.11 Å². The van der Waals surface area contributed by atoms with Crippen molar-refractivity contribution in [3.05, 3.63) is 0 Å². The van der Waals surface area contributed by atoms with Crippen molar-refractivity contribution in [2.24, 2.45) is 34.5 Å². The van der Waals surface area contributed by atoms with Crippen LogP contribution in [0.25, 0.3) is 0 Å². The maximum Gasteiger partial charge on any atom is 0.136 e. The number of carbonyl (C=O) groups is 2. The Hall–Kier alpha value is -0.700. The van der Waals surface area contributed by atoms with Crippen molar-refractivity contribution in [3.63, 3.8) is 0 Å². The summed E-state index contributed by atoms with van der Waals surface area (Å²) in [4.78, 5) is 25.0. The lowest BCUT2D eigenvalue weighted by Crippen LogP contribution is -2.57. The molecule has 0 aromatic rings. The number of hydrogen-bond acceptors (Lipinski definition) is 3. The third-order valence-corrected chi connectivity index (χ3v) is 8.17. The number of rotatable bonds is 0. The first-order valence-electron chi connectivity index (χ1n) is 9.09. The van der Waals surface area contributed by atoms with Crippen LogP contribution in [0.15, 0.2) is 0 Å². The number of aliphatic hydroxyl groups excluding tert-OH is 1. The highest BCUT2D eigenvalue weighted by Gasteiger charge is 2.62. The largest absolute Gasteiger partial charge is 0.393 e. The predicted octanol–water partition coefficient (Wildman–Crippen LogP) is 3.14. The summed E-state index contributed by atoms with van der Waals surface area (Å²) in [5.74, 6) is 2.05. The summed E-state index contributed by atoms with van der Waals surface area (Å²) in [6.45, 7) is 4.48. The summed E-state index contributed by atoms with van der Waals surface area (Å²) in [5.41, 5.74) is -0.0402. The molecule has 0 saturated heterocycles. The molecule has 0 unspecified atom stereocenters. The first-order chi connectivity index (χ1) is 10.4. The molecule has 0 spiro atoms. The molecular weight excluding hydrogens is 276 g/mol. The summed E-state index contributed by atoms with van der Waals surface area (Å²) in [5, 5.41) is 10.4. The molecule has 3 nitrogen and oxygen atoms in total. The SMILES string of the molecule is C[C@]12CC(=O)CC[C@@H]1CC(=O)[C@H]1[C@H]2CC[C@]2(C)[C@H](O)CC[C@H]12. The zero-order valence-electron chi connectivity index (χ0n) is 13.8. The van der Waals surface area contributed by atoms with Crippen LogP contribution in [-0.2, 0) is 9.59 Å². The molecule has 4 fully saturated rings. The van der Waals surface area contributed by atoms with Crippen LogP contribution in [0.5, 0.6) is 0 Å². The number of carbonyl (C=O) groups excluding carboxylic acids is 2. The van der Waals surface area contributed by atoms with E-state index >= 15 is 0 Å². The summed E-state index contributed by atoms with van der Waals surface area (Å²) < 4.78 is 0. The molecule has 22 heavy (non-hydrogen) atoms. The minimum Gasteiger partial charge on any atom is -0.393 e. The fourth-order valence-corrected chi connectivity index (χ4v) is 6.77. The first kappa shape index (κ1) is 14.9. The molecule has 0 amide bonds. The number of hydrogen-bond donors (Lipinski definition) is 1. The Balaban J connectivity index is 1.72. The molecule has 0 radical (unpaired) electrons. The van der Waals surface area contributed by atoms with Crippen LogP contribution >= 0.6 is 0 Å².